The molecule has 1 heteroatoms. The van der Waals surface area contributed by atoms with Crippen molar-refractivity contribution in [2.24, 2.45) is 11.3 Å². The molecule has 0 saturated heterocycles. The van der Waals surface area contributed by atoms with Crippen LogP contribution >= 0.6 is 0 Å². The first-order valence-electron chi connectivity index (χ1n) is 6.89. The average Bonchev–Trinajstić information content (AvgIpc) is 2.68. The summed E-state index contributed by atoms with van der Waals surface area (Å²) in [7, 11) is 0. The highest BCUT2D eigenvalue weighted by Crippen LogP contribution is 2.43. The minimum absolute atomic E-state index is 0.0249. The summed E-state index contributed by atoms with van der Waals surface area (Å²) < 4.78 is 0. The summed E-state index contributed by atoms with van der Waals surface area (Å²) in [5.74, 6) is 0.825. The summed E-state index contributed by atoms with van der Waals surface area (Å²) in [6.45, 7) is 2.30. The van der Waals surface area contributed by atoms with Gasteiger partial charge in [-0.3, -0.25) is 0 Å². The van der Waals surface area contributed by atoms with Crippen LogP contribution in [0.4, 0.5) is 0 Å². The Morgan fingerprint density at radius 1 is 1.07 bits per heavy atom. The number of hydrogen-bond acceptors (Lipinski definition) is 1. The van der Waals surface area contributed by atoms with Crippen LogP contribution in [0.5, 0.6) is 0 Å². The van der Waals surface area contributed by atoms with E-state index in [0.717, 1.165) is 12.3 Å². The topological polar surface area (TPSA) is 20.2 Å². The Kier molecular flexibility index (Phi) is 3.71. The van der Waals surface area contributed by atoms with Gasteiger partial charge in [-0.15, -0.1) is 0 Å². The van der Waals surface area contributed by atoms with Gasteiger partial charge in [0.05, 0.1) is 6.10 Å². The van der Waals surface area contributed by atoms with Crippen molar-refractivity contribution >= 4 is 0 Å². The van der Waals surface area contributed by atoms with Gasteiger partial charge in [-0.25, -0.2) is 0 Å². The molecule has 0 heterocycles. The van der Waals surface area contributed by atoms with Crippen LogP contribution in [0.2, 0.25) is 0 Å². The molecule has 1 atom stereocenters. The molecule has 0 aromatic carbocycles. The van der Waals surface area contributed by atoms with E-state index in [2.05, 4.69) is 6.92 Å². The van der Waals surface area contributed by atoms with Crippen molar-refractivity contribution in [2.45, 2.75) is 77.2 Å². The molecule has 2 fully saturated rings. The van der Waals surface area contributed by atoms with Gasteiger partial charge < -0.3 is 5.11 Å². The summed E-state index contributed by atoms with van der Waals surface area (Å²) in [4.78, 5) is 0. The molecule has 1 nitrogen and oxygen atoms in total. The van der Waals surface area contributed by atoms with Crippen molar-refractivity contribution in [3.05, 3.63) is 0 Å². The smallest absolute Gasteiger partial charge is 0.0596 e. The van der Waals surface area contributed by atoms with Crippen LogP contribution in [0.15, 0.2) is 0 Å². The van der Waals surface area contributed by atoms with Crippen molar-refractivity contribution < 1.29 is 5.11 Å². The fraction of sp³-hybridized carbons (Fsp3) is 1.00. The standard InChI is InChI=1S/C14H26O/c1-14(9-5-6-10-14)13(15)11-12-7-3-2-4-8-12/h12-13,15H,2-11H2,1H3. The van der Waals surface area contributed by atoms with Crippen molar-refractivity contribution in [2.75, 3.05) is 0 Å². The number of aliphatic hydroxyl groups is 1. The molecule has 15 heavy (non-hydrogen) atoms. The minimum atomic E-state index is -0.0249. The third kappa shape index (κ3) is 2.75. The normalized spacial score (nSPS) is 29.2. The van der Waals surface area contributed by atoms with E-state index >= 15 is 0 Å². The Bertz CT molecular complexity index is 188. The molecule has 0 radical (unpaired) electrons. The summed E-state index contributed by atoms with van der Waals surface area (Å²) in [6, 6.07) is 0. The maximum atomic E-state index is 10.4. The van der Waals surface area contributed by atoms with E-state index < -0.39 is 0 Å². The molecule has 2 saturated carbocycles. The summed E-state index contributed by atoms with van der Waals surface area (Å²) in [5.41, 5.74) is 0.261. The van der Waals surface area contributed by atoms with Crippen LogP contribution in [-0.4, -0.2) is 11.2 Å². The summed E-state index contributed by atoms with van der Waals surface area (Å²) in [6.07, 6.45) is 13.2. The first kappa shape index (κ1) is 11.4. The lowest BCUT2D eigenvalue weighted by Crippen LogP contribution is -2.31. The SMILES string of the molecule is CC1(C(O)CC2CCCCC2)CCCC1. The second-order valence-electron chi connectivity index (χ2n) is 6.12. The van der Waals surface area contributed by atoms with Crippen LogP contribution in [0.1, 0.15) is 71.1 Å². The molecule has 0 amide bonds. The van der Waals surface area contributed by atoms with Gasteiger partial charge in [0.2, 0.25) is 0 Å². The number of hydrogen-bond donors (Lipinski definition) is 1. The quantitative estimate of drug-likeness (QED) is 0.749. The van der Waals surface area contributed by atoms with Crippen LogP contribution in [0.3, 0.4) is 0 Å². The van der Waals surface area contributed by atoms with Crippen molar-refractivity contribution in [3.63, 3.8) is 0 Å². The van der Waals surface area contributed by atoms with Crippen LogP contribution in [0.25, 0.3) is 0 Å². The maximum absolute atomic E-state index is 10.4. The van der Waals surface area contributed by atoms with Crippen LogP contribution < -0.4 is 0 Å². The zero-order valence-corrected chi connectivity index (χ0v) is 10.2. The van der Waals surface area contributed by atoms with Gasteiger partial charge >= 0.3 is 0 Å². The highest BCUT2D eigenvalue weighted by atomic mass is 16.3. The number of rotatable bonds is 3. The molecule has 0 aliphatic heterocycles. The average molecular weight is 210 g/mol. The fourth-order valence-electron chi connectivity index (χ4n) is 3.54. The molecule has 1 N–H and O–H groups in total. The van der Waals surface area contributed by atoms with E-state index in [-0.39, 0.29) is 11.5 Å². The van der Waals surface area contributed by atoms with Gasteiger partial charge in [-0.05, 0) is 30.6 Å². The van der Waals surface area contributed by atoms with E-state index in [9.17, 15) is 5.11 Å². The monoisotopic (exact) mass is 210 g/mol. The van der Waals surface area contributed by atoms with Crippen LogP contribution in [-0.2, 0) is 0 Å². The fourth-order valence-corrected chi connectivity index (χ4v) is 3.54. The highest BCUT2D eigenvalue weighted by Gasteiger charge is 2.36. The molecular formula is C14H26O. The zero-order valence-electron chi connectivity index (χ0n) is 10.2. The van der Waals surface area contributed by atoms with Gasteiger partial charge in [0.1, 0.15) is 0 Å². The van der Waals surface area contributed by atoms with Crippen LogP contribution in [0, 0.1) is 11.3 Å². The molecule has 1 unspecified atom stereocenters. The second-order valence-corrected chi connectivity index (χ2v) is 6.12. The Labute approximate surface area is 94.3 Å². The largest absolute Gasteiger partial charge is 0.393 e. The third-order valence-electron chi connectivity index (χ3n) is 4.83. The van der Waals surface area contributed by atoms with E-state index in [4.69, 9.17) is 0 Å². The van der Waals surface area contributed by atoms with Gasteiger partial charge in [0.25, 0.3) is 0 Å². The summed E-state index contributed by atoms with van der Waals surface area (Å²) >= 11 is 0. The Balaban J connectivity index is 1.82. The van der Waals surface area contributed by atoms with Gasteiger partial charge in [0.15, 0.2) is 0 Å². The molecule has 2 aliphatic rings. The zero-order chi connectivity index (χ0) is 10.7. The van der Waals surface area contributed by atoms with Crippen molar-refractivity contribution in [1.82, 2.24) is 0 Å². The lowest BCUT2D eigenvalue weighted by Gasteiger charge is -2.33. The Morgan fingerprint density at radius 3 is 2.27 bits per heavy atom. The summed E-state index contributed by atoms with van der Waals surface area (Å²) in [5, 5.41) is 10.4. The van der Waals surface area contributed by atoms with Crippen molar-refractivity contribution in [3.8, 4) is 0 Å². The van der Waals surface area contributed by atoms with E-state index in [1.807, 2.05) is 0 Å². The van der Waals surface area contributed by atoms with Crippen molar-refractivity contribution in [1.29, 1.82) is 0 Å². The third-order valence-corrected chi connectivity index (χ3v) is 4.83. The maximum Gasteiger partial charge on any atom is 0.0596 e. The molecular weight excluding hydrogens is 184 g/mol. The molecule has 2 rings (SSSR count). The Hall–Kier alpha value is -0.0400. The minimum Gasteiger partial charge on any atom is -0.393 e. The van der Waals surface area contributed by atoms with E-state index in [0.29, 0.717) is 0 Å². The first-order valence-corrected chi connectivity index (χ1v) is 6.89. The van der Waals surface area contributed by atoms with Gasteiger partial charge in [-0.1, -0.05) is 51.9 Å². The molecule has 0 aromatic heterocycles. The molecule has 0 bridgehead atoms. The first-order chi connectivity index (χ1) is 7.21. The lowest BCUT2D eigenvalue weighted by atomic mass is 9.75. The van der Waals surface area contributed by atoms with E-state index in [1.54, 1.807) is 0 Å². The Morgan fingerprint density at radius 2 is 1.67 bits per heavy atom. The molecule has 0 aromatic rings. The highest BCUT2D eigenvalue weighted by molar-refractivity contribution is 4.88. The van der Waals surface area contributed by atoms with Gasteiger partial charge in [-0.2, -0.15) is 0 Å². The van der Waals surface area contributed by atoms with Gasteiger partial charge in [0, 0.05) is 0 Å². The second kappa shape index (κ2) is 4.86. The molecule has 2 aliphatic carbocycles. The predicted molar refractivity (Wildman–Crippen MR) is 63.8 cm³/mol. The molecule has 0 spiro atoms. The van der Waals surface area contributed by atoms with E-state index in [1.165, 1.54) is 57.8 Å². The lowest BCUT2D eigenvalue weighted by molar-refractivity contribution is 0.0175. The number of aliphatic hydroxyl groups excluding tert-OH is 1. The predicted octanol–water partition coefficient (Wildman–Crippen LogP) is 3.90. The molecule has 88 valence electrons.